The van der Waals surface area contributed by atoms with Gasteiger partial charge in [-0.2, -0.15) is 0 Å². The summed E-state index contributed by atoms with van der Waals surface area (Å²) >= 11 is 0. The normalized spacial score (nSPS) is 12.2. The van der Waals surface area contributed by atoms with E-state index in [9.17, 15) is 9.18 Å². The van der Waals surface area contributed by atoms with Crippen LogP contribution in [-0.2, 0) is 0 Å². The summed E-state index contributed by atoms with van der Waals surface area (Å²) in [7, 11) is 0. The quantitative estimate of drug-likeness (QED) is 0.769. The van der Waals surface area contributed by atoms with Gasteiger partial charge in [0, 0.05) is 18.8 Å². The minimum Gasteiger partial charge on any atom is -0.352 e. The van der Waals surface area contributed by atoms with Gasteiger partial charge in [-0.3, -0.25) is 9.78 Å². The average molecular weight is 211 g/mol. The van der Waals surface area contributed by atoms with E-state index in [1.54, 1.807) is 0 Å². The van der Waals surface area contributed by atoms with Crippen LogP contribution < -0.4 is 11.1 Å². The van der Waals surface area contributed by atoms with Gasteiger partial charge >= 0.3 is 0 Å². The third-order valence-corrected chi connectivity index (χ3v) is 1.90. The summed E-state index contributed by atoms with van der Waals surface area (Å²) in [6.45, 7) is 2.29. The van der Waals surface area contributed by atoms with Crippen LogP contribution in [0.2, 0.25) is 0 Å². The number of hydrogen-bond donors (Lipinski definition) is 2. The largest absolute Gasteiger partial charge is 0.352 e. The highest BCUT2D eigenvalue weighted by Crippen LogP contribution is 2.03. The number of carbonyl (C=O) groups excluding carboxylic acids is 1. The van der Waals surface area contributed by atoms with E-state index in [4.69, 9.17) is 5.73 Å². The first kappa shape index (κ1) is 11.6. The van der Waals surface area contributed by atoms with Gasteiger partial charge in [-0.05, 0) is 19.4 Å². The minimum atomic E-state index is -0.615. The highest BCUT2D eigenvalue weighted by Gasteiger charge is 2.10. The Kier molecular flexibility index (Phi) is 4.17. The summed E-state index contributed by atoms with van der Waals surface area (Å²) in [5.74, 6) is -1.05. The van der Waals surface area contributed by atoms with Gasteiger partial charge in [0.2, 0.25) is 0 Å². The molecule has 1 aromatic rings. The number of halogens is 1. The van der Waals surface area contributed by atoms with Gasteiger partial charge in [0.15, 0.2) is 5.82 Å². The van der Waals surface area contributed by atoms with Crippen molar-refractivity contribution in [1.82, 2.24) is 10.3 Å². The standard InChI is InChI=1S/C10H14FN3O/c1-7(12)2-5-14-10(15)8-3-4-13-6-9(8)11/h3-4,6-7H,2,5,12H2,1H3,(H,14,15). The number of nitrogens with two attached hydrogens (primary N) is 1. The Morgan fingerprint density at radius 3 is 3.07 bits per heavy atom. The molecule has 1 unspecified atom stereocenters. The van der Waals surface area contributed by atoms with Gasteiger partial charge in [-0.25, -0.2) is 4.39 Å². The molecule has 0 bridgehead atoms. The molecule has 15 heavy (non-hydrogen) atoms. The van der Waals surface area contributed by atoms with Gasteiger partial charge < -0.3 is 11.1 Å². The molecule has 0 spiro atoms. The van der Waals surface area contributed by atoms with E-state index in [0.29, 0.717) is 13.0 Å². The number of nitrogens with one attached hydrogen (secondary N) is 1. The molecule has 0 aliphatic rings. The maximum atomic E-state index is 13.1. The molecule has 0 saturated heterocycles. The molecule has 0 saturated carbocycles. The van der Waals surface area contributed by atoms with Crippen molar-refractivity contribution in [2.24, 2.45) is 5.73 Å². The van der Waals surface area contributed by atoms with Gasteiger partial charge in [0.05, 0.1) is 11.8 Å². The molecular formula is C10H14FN3O. The lowest BCUT2D eigenvalue weighted by Crippen LogP contribution is -2.29. The molecule has 1 atom stereocenters. The van der Waals surface area contributed by atoms with Crippen molar-refractivity contribution in [2.45, 2.75) is 19.4 Å². The van der Waals surface area contributed by atoms with E-state index >= 15 is 0 Å². The number of hydrogen-bond acceptors (Lipinski definition) is 3. The molecule has 0 fully saturated rings. The number of pyridine rings is 1. The lowest BCUT2D eigenvalue weighted by molar-refractivity contribution is 0.0948. The third kappa shape index (κ3) is 3.63. The molecule has 82 valence electrons. The van der Waals surface area contributed by atoms with E-state index in [1.807, 2.05) is 6.92 Å². The Balaban J connectivity index is 2.51. The summed E-state index contributed by atoms with van der Waals surface area (Å²) in [6.07, 6.45) is 3.06. The summed E-state index contributed by atoms with van der Waals surface area (Å²) < 4.78 is 13.1. The average Bonchev–Trinajstić information content (AvgIpc) is 2.17. The van der Waals surface area contributed by atoms with Crippen LogP contribution in [0.4, 0.5) is 4.39 Å². The predicted octanol–water partition coefficient (Wildman–Crippen LogP) is 0.688. The van der Waals surface area contributed by atoms with Crippen LogP contribution in [0, 0.1) is 5.82 Å². The highest BCUT2D eigenvalue weighted by atomic mass is 19.1. The molecule has 0 aromatic carbocycles. The highest BCUT2D eigenvalue weighted by molar-refractivity contribution is 5.94. The van der Waals surface area contributed by atoms with Crippen LogP contribution in [0.25, 0.3) is 0 Å². The number of carbonyl (C=O) groups is 1. The Bertz CT molecular complexity index is 341. The SMILES string of the molecule is CC(N)CCNC(=O)c1ccncc1F. The molecule has 1 heterocycles. The zero-order chi connectivity index (χ0) is 11.3. The van der Waals surface area contributed by atoms with Crippen molar-refractivity contribution < 1.29 is 9.18 Å². The third-order valence-electron chi connectivity index (χ3n) is 1.90. The lowest BCUT2D eigenvalue weighted by Gasteiger charge is -2.07. The fraction of sp³-hybridized carbons (Fsp3) is 0.400. The van der Waals surface area contributed by atoms with Crippen molar-refractivity contribution in [3.05, 3.63) is 29.8 Å². The molecule has 0 aliphatic carbocycles. The lowest BCUT2D eigenvalue weighted by atomic mass is 10.2. The van der Waals surface area contributed by atoms with Crippen LogP contribution in [0.5, 0.6) is 0 Å². The van der Waals surface area contributed by atoms with Crippen molar-refractivity contribution in [2.75, 3.05) is 6.54 Å². The molecule has 5 heteroatoms. The Hall–Kier alpha value is -1.49. The number of aromatic nitrogens is 1. The molecule has 4 nitrogen and oxygen atoms in total. The summed E-state index contributed by atoms with van der Waals surface area (Å²) in [6, 6.07) is 1.36. The van der Waals surface area contributed by atoms with E-state index in [2.05, 4.69) is 10.3 Å². The molecule has 1 rings (SSSR count). The van der Waals surface area contributed by atoms with E-state index in [-0.39, 0.29) is 11.6 Å². The molecular weight excluding hydrogens is 197 g/mol. The fourth-order valence-electron chi connectivity index (χ4n) is 1.07. The van der Waals surface area contributed by atoms with E-state index in [1.165, 1.54) is 12.3 Å². The predicted molar refractivity (Wildman–Crippen MR) is 54.8 cm³/mol. The summed E-state index contributed by atoms with van der Waals surface area (Å²) in [4.78, 5) is 15.0. The first-order valence-electron chi connectivity index (χ1n) is 4.74. The molecule has 0 radical (unpaired) electrons. The Labute approximate surface area is 87.7 Å². The van der Waals surface area contributed by atoms with Crippen LogP contribution in [0.3, 0.4) is 0 Å². The van der Waals surface area contributed by atoms with Crippen molar-refractivity contribution in [1.29, 1.82) is 0 Å². The zero-order valence-electron chi connectivity index (χ0n) is 8.53. The minimum absolute atomic E-state index is 0.00896. The second-order valence-corrected chi connectivity index (χ2v) is 3.38. The topological polar surface area (TPSA) is 68.0 Å². The maximum Gasteiger partial charge on any atom is 0.254 e. The van der Waals surface area contributed by atoms with Gasteiger partial charge in [-0.1, -0.05) is 0 Å². The fourth-order valence-corrected chi connectivity index (χ4v) is 1.07. The smallest absolute Gasteiger partial charge is 0.254 e. The Morgan fingerprint density at radius 1 is 1.73 bits per heavy atom. The number of rotatable bonds is 4. The first-order chi connectivity index (χ1) is 7.11. The van der Waals surface area contributed by atoms with Crippen LogP contribution in [-0.4, -0.2) is 23.5 Å². The van der Waals surface area contributed by atoms with Crippen molar-refractivity contribution in [3.8, 4) is 0 Å². The monoisotopic (exact) mass is 211 g/mol. The van der Waals surface area contributed by atoms with Gasteiger partial charge in [0.1, 0.15) is 0 Å². The second-order valence-electron chi connectivity index (χ2n) is 3.38. The second kappa shape index (κ2) is 5.41. The number of amides is 1. The maximum absolute atomic E-state index is 13.1. The van der Waals surface area contributed by atoms with Gasteiger partial charge in [-0.15, -0.1) is 0 Å². The van der Waals surface area contributed by atoms with Crippen LogP contribution in [0.15, 0.2) is 18.5 Å². The molecule has 1 amide bonds. The molecule has 1 aromatic heterocycles. The number of nitrogens with zero attached hydrogens (tertiary/aromatic N) is 1. The van der Waals surface area contributed by atoms with Gasteiger partial charge in [0.25, 0.3) is 5.91 Å². The first-order valence-corrected chi connectivity index (χ1v) is 4.74. The molecule has 3 N–H and O–H groups in total. The van der Waals surface area contributed by atoms with Crippen LogP contribution in [0.1, 0.15) is 23.7 Å². The van der Waals surface area contributed by atoms with E-state index < -0.39 is 11.7 Å². The van der Waals surface area contributed by atoms with E-state index in [0.717, 1.165) is 6.20 Å². The van der Waals surface area contributed by atoms with Crippen molar-refractivity contribution in [3.63, 3.8) is 0 Å². The van der Waals surface area contributed by atoms with Crippen LogP contribution >= 0.6 is 0 Å². The Morgan fingerprint density at radius 2 is 2.47 bits per heavy atom. The summed E-state index contributed by atoms with van der Waals surface area (Å²) in [5.41, 5.74) is 5.52. The molecule has 0 aliphatic heterocycles. The summed E-state index contributed by atoms with van der Waals surface area (Å²) in [5, 5.41) is 2.58. The van der Waals surface area contributed by atoms with Crippen molar-refractivity contribution >= 4 is 5.91 Å². The zero-order valence-corrected chi connectivity index (χ0v) is 8.53.